The zero-order valence-corrected chi connectivity index (χ0v) is 15.8. The summed E-state index contributed by atoms with van der Waals surface area (Å²) in [4.78, 5) is 38.1. The van der Waals surface area contributed by atoms with Crippen LogP contribution in [0, 0.1) is 17.2 Å². The van der Waals surface area contributed by atoms with E-state index >= 15 is 0 Å². The number of benzene rings is 1. The van der Waals surface area contributed by atoms with Crippen molar-refractivity contribution in [2.24, 2.45) is 5.92 Å². The number of thiophene rings is 1. The highest BCUT2D eigenvalue weighted by Crippen LogP contribution is 2.33. The third-order valence-electron chi connectivity index (χ3n) is 4.22. The van der Waals surface area contributed by atoms with Gasteiger partial charge in [0.25, 0.3) is 5.91 Å². The zero-order valence-electron chi connectivity index (χ0n) is 15.0. The maximum absolute atomic E-state index is 12.3. The van der Waals surface area contributed by atoms with Gasteiger partial charge in [-0.15, -0.1) is 11.3 Å². The number of hydrogen-bond donors (Lipinski definition) is 1. The average Bonchev–Trinajstić information content (AvgIpc) is 3.32. The molecule has 1 aromatic carbocycles. The first-order valence-electron chi connectivity index (χ1n) is 8.41. The standard InChI is InChI=1S/C19H17N3O5S/c1-26-15-5-3-2-4-14(15)22-10-13(8-17(22)24)19(25)27-11-16(23)21-18-12(9-20)6-7-28-18/h2-7,13H,8,10-11H2,1H3,(H,21,23)/t13-/m1/s1. The number of ether oxygens (including phenoxy) is 2. The Morgan fingerprint density at radius 2 is 2.14 bits per heavy atom. The van der Waals surface area contributed by atoms with Gasteiger partial charge in [0, 0.05) is 13.0 Å². The van der Waals surface area contributed by atoms with Crippen LogP contribution >= 0.6 is 11.3 Å². The average molecular weight is 399 g/mol. The van der Waals surface area contributed by atoms with Crippen LogP contribution < -0.4 is 15.0 Å². The Hall–Kier alpha value is -3.38. The summed E-state index contributed by atoms with van der Waals surface area (Å²) < 4.78 is 10.3. The lowest BCUT2D eigenvalue weighted by atomic mass is 10.1. The molecule has 1 aliphatic rings. The molecule has 2 heterocycles. The highest BCUT2D eigenvalue weighted by molar-refractivity contribution is 7.14. The van der Waals surface area contributed by atoms with E-state index in [2.05, 4.69) is 5.32 Å². The van der Waals surface area contributed by atoms with Crippen molar-refractivity contribution in [2.45, 2.75) is 6.42 Å². The summed E-state index contributed by atoms with van der Waals surface area (Å²) in [5.41, 5.74) is 0.934. The molecule has 1 N–H and O–H groups in total. The molecule has 1 saturated heterocycles. The second kappa shape index (κ2) is 8.54. The summed E-state index contributed by atoms with van der Waals surface area (Å²) in [6, 6.07) is 10.6. The van der Waals surface area contributed by atoms with Crippen LogP contribution in [0.25, 0.3) is 0 Å². The summed E-state index contributed by atoms with van der Waals surface area (Å²) in [5.74, 6) is -1.51. The quantitative estimate of drug-likeness (QED) is 0.746. The van der Waals surface area contributed by atoms with Crippen molar-refractivity contribution in [3.8, 4) is 11.8 Å². The van der Waals surface area contributed by atoms with E-state index in [4.69, 9.17) is 14.7 Å². The number of rotatable bonds is 6. The van der Waals surface area contributed by atoms with Crippen LogP contribution in [0.15, 0.2) is 35.7 Å². The number of nitriles is 1. The Kier molecular flexibility index (Phi) is 5.91. The fourth-order valence-electron chi connectivity index (χ4n) is 2.86. The fraction of sp³-hybridized carbons (Fsp3) is 0.263. The topological polar surface area (TPSA) is 109 Å². The van der Waals surface area contributed by atoms with E-state index < -0.39 is 24.4 Å². The van der Waals surface area contributed by atoms with Crippen molar-refractivity contribution >= 4 is 39.8 Å². The molecular weight excluding hydrogens is 382 g/mol. The first-order chi connectivity index (χ1) is 13.5. The van der Waals surface area contributed by atoms with E-state index in [1.807, 2.05) is 6.07 Å². The molecule has 0 radical (unpaired) electrons. The summed E-state index contributed by atoms with van der Waals surface area (Å²) >= 11 is 1.21. The molecule has 28 heavy (non-hydrogen) atoms. The Morgan fingerprint density at radius 3 is 2.89 bits per heavy atom. The van der Waals surface area contributed by atoms with Gasteiger partial charge >= 0.3 is 5.97 Å². The van der Waals surface area contributed by atoms with Crippen molar-refractivity contribution in [1.29, 1.82) is 5.26 Å². The maximum atomic E-state index is 12.3. The number of methoxy groups -OCH3 is 1. The minimum atomic E-state index is -0.665. The molecule has 0 aliphatic carbocycles. The van der Waals surface area contributed by atoms with E-state index in [-0.39, 0.29) is 18.9 Å². The molecule has 1 fully saturated rings. The lowest BCUT2D eigenvalue weighted by Gasteiger charge is -2.19. The molecule has 0 spiro atoms. The molecule has 0 saturated carbocycles. The monoisotopic (exact) mass is 399 g/mol. The van der Waals surface area contributed by atoms with Gasteiger partial charge in [0.2, 0.25) is 5.91 Å². The van der Waals surface area contributed by atoms with Crippen LogP contribution in [0.4, 0.5) is 10.7 Å². The zero-order chi connectivity index (χ0) is 20.1. The second-order valence-electron chi connectivity index (χ2n) is 6.01. The number of nitrogens with zero attached hydrogens (tertiary/aromatic N) is 2. The van der Waals surface area contributed by atoms with E-state index in [9.17, 15) is 14.4 Å². The normalized spacial score (nSPS) is 15.8. The number of carbonyl (C=O) groups excluding carboxylic acids is 3. The molecule has 2 amide bonds. The predicted octanol–water partition coefficient (Wildman–Crippen LogP) is 2.16. The highest BCUT2D eigenvalue weighted by Gasteiger charge is 2.37. The molecule has 0 unspecified atom stereocenters. The molecule has 3 rings (SSSR count). The molecule has 8 nitrogen and oxygen atoms in total. The van der Waals surface area contributed by atoms with E-state index in [0.717, 1.165) is 0 Å². The van der Waals surface area contributed by atoms with Crippen molar-refractivity contribution in [3.63, 3.8) is 0 Å². The van der Waals surface area contributed by atoms with Crippen LogP contribution in [0.3, 0.4) is 0 Å². The summed E-state index contributed by atoms with van der Waals surface area (Å²) in [6.07, 6.45) is 0.00199. The van der Waals surface area contributed by atoms with Crippen LogP contribution in [-0.2, 0) is 19.1 Å². The lowest BCUT2D eigenvalue weighted by Crippen LogP contribution is -2.28. The minimum Gasteiger partial charge on any atom is -0.495 e. The molecule has 0 bridgehead atoms. The van der Waals surface area contributed by atoms with Gasteiger partial charge in [0.05, 0.1) is 24.3 Å². The Morgan fingerprint density at radius 1 is 1.36 bits per heavy atom. The number of amides is 2. The van der Waals surface area contributed by atoms with Crippen molar-refractivity contribution in [1.82, 2.24) is 0 Å². The Balaban J connectivity index is 1.56. The van der Waals surface area contributed by atoms with E-state index in [1.54, 1.807) is 35.7 Å². The summed E-state index contributed by atoms with van der Waals surface area (Å²) in [7, 11) is 1.51. The third kappa shape index (κ3) is 4.13. The first kappa shape index (κ1) is 19.4. The largest absolute Gasteiger partial charge is 0.495 e. The number of esters is 1. The molecule has 144 valence electrons. The maximum Gasteiger partial charge on any atom is 0.311 e. The van der Waals surface area contributed by atoms with Gasteiger partial charge in [-0.25, -0.2) is 0 Å². The lowest BCUT2D eigenvalue weighted by molar-refractivity contribution is -0.151. The second-order valence-corrected chi connectivity index (χ2v) is 6.92. The minimum absolute atomic E-state index is 0.00199. The molecule has 1 aliphatic heterocycles. The van der Waals surface area contributed by atoms with Gasteiger partial charge in [-0.2, -0.15) is 5.26 Å². The number of para-hydroxylation sites is 2. The van der Waals surface area contributed by atoms with Crippen molar-refractivity contribution < 1.29 is 23.9 Å². The Bertz CT molecular complexity index is 949. The molecule has 2 aromatic rings. The van der Waals surface area contributed by atoms with E-state index in [1.165, 1.54) is 23.3 Å². The van der Waals surface area contributed by atoms with Gasteiger partial charge in [-0.05, 0) is 23.6 Å². The van der Waals surface area contributed by atoms with Crippen LogP contribution in [0.1, 0.15) is 12.0 Å². The number of carbonyl (C=O) groups is 3. The molecule has 1 aromatic heterocycles. The van der Waals surface area contributed by atoms with Crippen LogP contribution in [0.5, 0.6) is 5.75 Å². The van der Waals surface area contributed by atoms with E-state index in [0.29, 0.717) is 22.0 Å². The van der Waals surface area contributed by atoms with Gasteiger partial charge in [-0.1, -0.05) is 12.1 Å². The molecule has 9 heteroatoms. The highest BCUT2D eigenvalue weighted by atomic mass is 32.1. The van der Waals surface area contributed by atoms with Crippen molar-refractivity contribution in [2.75, 3.05) is 30.5 Å². The van der Waals surface area contributed by atoms with Crippen LogP contribution in [-0.4, -0.2) is 38.0 Å². The third-order valence-corrected chi connectivity index (χ3v) is 5.05. The SMILES string of the molecule is COc1ccccc1N1C[C@H](C(=O)OCC(=O)Nc2sccc2C#N)CC1=O. The molecular formula is C19H17N3O5S. The number of nitrogens with one attached hydrogen (secondary N) is 1. The summed E-state index contributed by atoms with van der Waals surface area (Å²) in [6.45, 7) is -0.329. The smallest absolute Gasteiger partial charge is 0.311 e. The number of anilines is 2. The fourth-order valence-corrected chi connectivity index (χ4v) is 3.62. The molecule has 1 atom stereocenters. The van der Waals surface area contributed by atoms with Gasteiger partial charge in [0.15, 0.2) is 6.61 Å². The summed E-state index contributed by atoms with van der Waals surface area (Å²) in [5, 5.41) is 13.6. The first-order valence-corrected chi connectivity index (χ1v) is 9.29. The van der Waals surface area contributed by atoms with Gasteiger partial charge in [0.1, 0.15) is 16.8 Å². The number of hydrogen-bond acceptors (Lipinski definition) is 7. The van der Waals surface area contributed by atoms with Crippen molar-refractivity contribution in [3.05, 3.63) is 41.3 Å². The van der Waals surface area contributed by atoms with Gasteiger partial charge < -0.3 is 19.7 Å². The van der Waals surface area contributed by atoms with Crippen LogP contribution in [0.2, 0.25) is 0 Å². The Labute approximate surface area is 165 Å². The van der Waals surface area contributed by atoms with Gasteiger partial charge in [-0.3, -0.25) is 14.4 Å². The predicted molar refractivity (Wildman–Crippen MR) is 102 cm³/mol.